The van der Waals surface area contributed by atoms with Crippen molar-refractivity contribution in [3.63, 3.8) is 0 Å². The molecule has 1 amide bonds. The van der Waals surface area contributed by atoms with Gasteiger partial charge in [0, 0.05) is 27.1 Å². The van der Waals surface area contributed by atoms with Crippen LogP contribution in [0.1, 0.15) is 25.1 Å². The number of nitrogens with one attached hydrogen (secondary N) is 1. The smallest absolute Gasteiger partial charge is 0.269 e. The molecule has 0 bridgehead atoms. The summed E-state index contributed by atoms with van der Waals surface area (Å²) in [5, 5.41) is 8.95. The molecule has 1 N–H and O–H groups in total. The van der Waals surface area contributed by atoms with Crippen LogP contribution in [0.4, 0.5) is 5.82 Å². The van der Waals surface area contributed by atoms with Crippen molar-refractivity contribution in [3.05, 3.63) is 69.8 Å². The fourth-order valence-electron chi connectivity index (χ4n) is 3.04. The molecule has 3 aromatic rings. The molecule has 0 aliphatic carbocycles. The van der Waals surface area contributed by atoms with Crippen LogP contribution in [-0.2, 0) is 16.3 Å². The van der Waals surface area contributed by atoms with Crippen molar-refractivity contribution in [3.8, 4) is 11.4 Å². The third-order valence-corrected chi connectivity index (χ3v) is 6.03. The van der Waals surface area contributed by atoms with Gasteiger partial charge in [-0.15, -0.1) is 0 Å². The number of anilines is 1. The molecule has 2 heterocycles. The summed E-state index contributed by atoms with van der Waals surface area (Å²) in [6, 6.07) is 14.3. The summed E-state index contributed by atoms with van der Waals surface area (Å²) < 4.78 is 7.67. The number of carbonyl (C=O) groups excluding carboxylic acids is 1. The molecule has 1 aromatic heterocycles. The lowest BCUT2D eigenvalue weighted by Gasteiger charge is -2.25. The number of benzene rings is 2. The molecule has 8 heteroatoms. The van der Waals surface area contributed by atoms with Gasteiger partial charge in [0.05, 0.1) is 11.4 Å². The van der Waals surface area contributed by atoms with Gasteiger partial charge in [-0.25, -0.2) is 4.68 Å². The maximum atomic E-state index is 13.1. The van der Waals surface area contributed by atoms with E-state index in [0.29, 0.717) is 21.6 Å². The highest BCUT2D eigenvalue weighted by Gasteiger charge is 2.33. The zero-order valence-corrected chi connectivity index (χ0v) is 18.2. The lowest BCUT2D eigenvalue weighted by Crippen LogP contribution is -2.43. The summed E-state index contributed by atoms with van der Waals surface area (Å²) in [5.41, 5.74) is 1.70. The highest BCUT2D eigenvalue weighted by Crippen LogP contribution is 2.37. The number of halogens is 2. The van der Waals surface area contributed by atoms with E-state index in [1.165, 1.54) is 0 Å². The van der Waals surface area contributed by atoms with E-state index >= 15 is 0 Å². The van der Waals surface area contributed by atoms with Crippen molar-refractivity contribution in [1.82, 2.24) is 9.78 Å². The first kappa shape index (κ1) is 20.1. The summed E-state index contributed by atoms with van der Waals surface area (Å²) in [5.74, 6) is 2.57. The van der Waals surface area contributed by atoms with Crippen LogP contribution < -0.4 is 10.1 Å². The van der Waals surface area contributed by atoms with E-state index in [1.54, 1.807) is 60.6 Å². The number of ether oxygens (including phenoxy) is 1. The van der Waals surface area contributed by atoms with Crippen LogP contribution in [0, 0.1) is 0 Å². The number of fused-ring (bicyclic) bond motifs is 1. The Bertz CT molecular complexity index is 1060. The van der Waals surface area contributed by atoms with Crippen molar-refractivity contribution < 1.29 is 9.53 Å². The van der Waals surface area contributed by atoms with Gasteiger partial charge in [0.2, 0.25) is 0 Å². The first-order chi connectivity index (χ1) is 13.8. The average Bonchev–Trinajstić information content (AvgIpc) is 3.26. The summed E-state index contributed by atoms with van der Waals surface area (Å²) in [4.78, 5) is 13.1. The Balaban J connectivity index is 1.63. The molecule has 0 saturated carbocycles. The van der Waals surface area contributed by atoms with Gasteiger partial charge in [-0.1, -0.05) is 29.3 Å². The molecule has 5 nitrogen and oxygen atoms in total. The number of amides is 1. The van der Waals surface area contributed by atoms with Crippen molar-refractivity contribution in [1.29, 1.82) is 0 Å². The van der Waals surface area contributed by atoms with Crippen LogP contribution in [0.3, 0.4) is 0 Å². The number of hydrogen-bond acceptors (Lipinski definition) is 4. The predicted octanol–water partition coefficient (Wildman–Crippen LogP) is 5.72. The van der Waals surface area contributed by atoms with E-state index < -0.39 is 5.60 Å². The van der Waals surface area contributed by atoms with Gasteiger partial charge < -0.3 is 10.1 Å². The molecule has 0 spiro atoms. The number of carbonyl (C=O) groups is 1. The van der Waals surface area contributed by atoms with Gasteiger partial charge in [0.25, 0.3) is 5.91 Å². The monoisotopic (exact) mass is 447 g/mol. The molecule has 1 aliphatic heterocycles. The molecule has 0 saturated heterocycles. The first-order valence-electron chi connectivity index (χ1n) is 9.04. The molecule has 0 radical (unpaired) electrons. The van der Waals surface area contributed by atoms with Gasteiger partial charge in [-0.2, -0.15) is 16.9 Å². The highest BCUT2D eigenvalue weighted by molar-refractivity contribution is 7.98. The number of thioether (sulfide) groups is 1. The average molecular weight is 448 g/mol. The molecule has 0 fully saturated rings. The summed E-state index contributed by atoms with van der Waals surface area (Å²) in [6.07, 6.45) is 0. The quantitative estimate of drug-likeness (QED) is 0.542. The third kappa shape index (κ3) is 4.25. The van der Waals surface area contributed by atoms with Crippen LogP contribution in [0.5, 0.6) is 5.75 Å². The standard InChI is InChI=1S/C21H19Cl2N3O2S/c1-21(2,28-16-8-6-13(22)7-9-16)20(27)24-19-17-11-29-12-18(17)25-26(19)15-5-3-4-14(23)10-15/h3-10H,11-12H2,1-2H3,(H,24,27). The molecule has 0 unspecified atom stereocenters. The minimum absolute atomic E-state index is 0.268. The van der Waals surface area contributed by atoms with Crippen LogP contribution in [0.25, 0.3) is 5.69 Å². The van der Waals surface area contributed by atoms with E-state index in [4.69, 9.17) is 33.0 Å². The van der Waals surface area contributed by atoms with Crippen LogP contribution in [-0.4, -0.2) is 21.3 Å². The summed E-state index contributed by atoms with van der Waals surface area (Å²) in [7, 11) is 0. The second kappa shape index (κ2) is 7.94. The normalized spacial score (nSPS) is 13.2. The van der Waals surface area contributed by atoms with Crippen molar-refractivity contribution >= 4 is 46.7 Å². The Morgan fingerprint density at radius 3 is 2.62 bits per heavy atom. The van der Waals surface area contributed by atoms with Crippen molar-refractivity contribution in [2.75, 3.05) is 5.32 Å². The van der Waals surface area contributed by atoms with Crippen molar-refractivity contribution in [2.45, 2.75) is 31.0 Å². The van der Waals surface area contributed by atoms with E-state index in [1.807, 2.05) is 18.2 Å². The number of aromatic nitrogens is 2. The zero-order chi connectivity index (χ0) is 20.6. The maximum Gasteiger partial charge on any atom is 0.269 e. The number of hydrogen-bond donors (Lipinski definition) is 1. The van der Waals surface area contributed by atoms with Gasteiger partial charge in [0.1, 0.15) is 11.6 Å². The molecule has 2 aromatic carbocycles. The molecule has 150 valence electrons. The molecule has 0 atom stereocenters. The third-order valence-electron chi connectivity index (χ3n) is 4.57. The van der Waals surface area contributed by atoms with Crippen molar-refractivity contribution in [2.24, 2.45) is 0 Å². The summed E-state index contributed by atoms with van der Waals surface area (Å²) in [6.45, 7) is 3.46. The molecular formula is C21H19Cl2N3O2S. The topological polar surface area (TPSA) is 56.1 Å². The number of nitrogens with zero attached hydrogens (tertiary/aromatic N) is 2. The highest BCUT2D eigenvalue weighted by atomic mass is 35.5. The molecular weight excluding hydrogens is 429 g/mol. The maximum absolute atomic E-state index is 13.1. The van der Waals surface area contributed by atoms with Gasteiger partial charge in [-0.05, 0) is 56.3 Å². The largest absolute Gasteiger partial charge is 0.478 e. The lowest BCUT2D eigenvalue weighted by atomic mass is 10.1. The zero-order valence-electron chi connectivity index (χ0n) is 15.9. The Labute approximate surface area is 183 Å². The fourth-order valence-corrected chi connectivity index (χ4v) is 4.38. The Morgan fingerprint density at radius 2 is 1.90 bits per heavy atom. The minimum Gasteiger partial charge on any atom is -0.478 e. The Morgan fingerprint density at radius 1 is 1.14 bits per heavy atom. The molecule has 29 heavy (non-hydrogen) atoms. The summed E-state index contributed by atoms with van der Waals surface area (Å²) >= 11 is 13.9. The second-order valence-electron chi connectivity index (χ2n) is 7.18. The van der Waals surface area contributed by atoms with Crippen LogP contribution in [0.15, 0.2) is 48.5 Å². The second-order valence-corrected chi connectivity index (χ2v) is 9.04. The lowest BCUT2D eigenvalue weighted by molar-refractivity contribution is -0.128. The van der Waals surface area contributed by atoms with E-state index in [0.717, 1.165) is 28.5 Å². The van der Waals surface area contributed by atoms with Crippen LogP contribution >= 0.6 is 35.0 Å². The first-order valence-corrected chi connectivity index (χ1v) is 10.9. The van der Waals surface area contributed by atoms with E-state index in [-0.39, 0.29) is 5.91 Å². The van der Waals surface area contributed by atoms with Gasteiger partial charge in [0.15, 0.2) is 5.60 Å². The molecule has 4 rings (SSSR count). The predicted molar refractivity (Wildman–Crippen MR) is 118 cm³/mol. The molecule has 1 aliphatic rings. The fraction of sp³-hybridized carbons (Fsp3) is 0.238. The van der Waals surface area contributed by atoms with Gasteiger partial charge in [-0.3, -0.25) is 4.79 Å². The Kier molecular flexibility index (Phi) is 5.51. The van der Waals surface area contributed by atoms with Gasteiger partial charge >= 0.3 is 0 Å². The van der Waals surface area contributed by atoms with E-state index in [2.05, 4.69) is 5.32 Å². The van der Waals surface area contributed by atoms with E-state index in [9.17, 15) is 4.79 Å². The minimum atomic E-state index is -1.10. The number of rotatable bonds is 5. The van der Waals surface area contributed by atoms with Crippen LogP contribution in [0.2, 0.25) is 10.0 Å². The SMILES string of the molecule is CC(C)(Oc1ccc(Cl)cc1)C(=O)Nc1c2c(nn1-c1cccc(Cl)c1)CSC2. The Hall–Kier alpha value is -2.15.